The van der Waals surface area contributed by atoms with Crippen LogP contribution in [0.25, 0.3) is 0 Å². The Kier molecular flexibility index (Phi) is 3.88. The van der Waals surface area contributed by atoms with Crippen molar-refractivity contribution in [1.82, 2.24) is 10.3 Å². The fourth-order valence-electron chi connectivity index (χ4n) is 2.41. The summed E-state index contributed by atoms with van der Waals surface area (Å²) in [5, 5.41) is 3.41. The van der Waals surface area contributed by atoms with Crippen LogP contribution in [0.3, 0.4) is 0 Å². The Labute approximate surface area is 96.3 Å². The van der Waals surface area contributed by atoms with Crippen LogP contribution in [0.4, 0.5) is 4.39 Å². The van der Waals surface area contributed by atoms with Crippen molar-refractivity contribution >= 4 is 0 Å². The van der Waals surface area contributed by atoms with Crippen LogP contribution in [-0.4, -0.2) is 11.0 Å². The van der Waals surface area contributed by atoms with Gasteiger partial charge in [0.1, 0.15) is 5.82 Å². The lowest BCUT2D eigenvalue weighted by Crippen LogP contribution is -2.33. The summed E-state index contributed by atoms with van der Waals surface area (Å²) in [7, 11) is 0. The third-order valence-corrected chi connectivity index (χ3v) is 3.33. The predicted octanol–water partition coefficient (Wildman–Crippen LogP) is 2.89. The van der Waals surface area contributed by atoms with Gasteiger partial charge in [-0.05, 0) is 30.9 Å². The van der Waals surface area contributed by atoms with Crippen LogP contribution in [0.5, 0.6) is 0 Å². The van der Waals surface area contributed by atoms with E-state index in [-0.39, 0.29) is 5.82 Å². The van der Waals surface area contributed by atoms with Gasteiger partial charge in [0.15, 0.2) is 0 Å². The summed E-state index contributed by atoms with van der Waals surface area (Å²) in [6, 6.07) is 3.62. The van der Waals surface area contributed by atoms with Crippen LogP contribution in [-0.2, 0) is 6.54 Å². The minimum Gasteiger partial charge on any atom is -0.308 e. The van der Waals surface area contributed by atoms with E-state index in [9.17, 15) is 4.39 Å². The summed E-state index contributed by atoms with van der Waals surface area (Å²) in [5.74, 6) is 0.582. The Morgan fingerprint density at radius 3 is 3.12 bits per heavy atom. The molecule has 0 bridgehead atoms. The molecule has 0 aliphatic heterocycles. The lowest BCUT2D eigenvalue weighted by atomic mass is 9.87. The number of aromatic nitrogens is 1. The number of hydrogen-bond donors (Lipinski definition) is 1. The highest BCUT2D eigenvalue weighted by molar-refractivity contribution is 5.06. The van der Waals surface area contributed by atoms with E-state index in [1.807, 2.05) is 0 Å². The molecule has 1 saturated carbocycles. The predicted molar refractivity (Wildman–Crippen MR) is 62.5 cm³/mol. The first-order valence-corrected chi connectivity index (χ1v) is 6.08. The fourth-order valence-corrected chi connectivity index (χ4v) is 2.41. The summed E-state index contributed by atoms with van der Waals surface area (Å²) in [5.41, 5.74) is 0.528. The molecule has 1 fully saturated rings. The number of pyridine rings is 1. The molecule has 3 heteroatoms. The van der Waals surface area contributed by atoms with Gasteiger partial charge in [0.25, 0.3) is 0 Å². The van der Waals surface area contributed by atoms with Gasteiger partial charge in [0.2, 0.25) is 0 Å². The third-order valence-electron chi connectivity index (χ3n) is 3.33. The molecule has 2 atom stereocenters. The number of nitrogens with one attached hydrogen (secondary N) is 1. The van der Waals surface area contributed by atoms with Crippen LogP contribution in [0.1, 0.15) is 38.3 Å². The topological polar surface area (TPSA) is 24.9 Å². The van der Waals surface area contributed by atoms with Crippen LogP contribution < -0.4 is 5.32 Å². The summed E-state index contributed by atoms with van der Waals surface area (Å²) in [6.07, 6.45) is 6.66. The van der Waals surface area contributed by atoms with Crippen LogP contribution in [0.2, 0.25) is 0 Å². The van der Waals surface area contributed by atoms with E-state index < -0.39 is 0 Å². The molecule has 2 unspecified atom stereocenters. The molecular formula is C13H19FN2. The zero-order valence-electron chi connectivity index (χ0n) is 9.75. The molecule has 1 heterocycles. The number of halogens is 1. The first kappa shape index (κ1) is 11.5. The smallest absolute Gasteiger partial charge is 0.146 e. The van der Waals surface area contributed by atoms with Crippen LogP contribution in [0, 0.1) is 11.7 Å². The molecule has 1 aromatic heterocycles. The van der Waals surface area contributed by atoms with E-state index in [1.165, 1.54) is 31.7 Å². The van der Waals surface area contributed by atoms with Gasteiger partial charge in [-0.25, -0.2) is 4.39 Å². The van der Waals surface area contributed by atoms with Crippen LogP contribution in [0.15, 0.2) is 18.3 Å². The van der Waals surface area contributed by atoms with Crippen molar-refractivity contribution in [1.29, 1.82) is 0 Å². The molecule has 1 aliphatic rings. The second kappa shape index (κ2) is 5.39. The molecule has 2 rings (SSSR count). The number of hydrogen-bond acceptors (Lipinski definition) is 2. The van der Waals surface area contributed by atoms with E-state index >= 15 is 0 Å². The molecule has 1 aromatic rings. The van der Waals surface area contributed by atoms with Gasteiger partial charge in [-0.1, -0.05) is 19.8 Å². The average molecular weight is 222 g/mol. The number of rotatable bonds is 3. The van der Waals surface area contributed by atoms with Crippen molar-refractivity contribution in [2.75, 3.05) is 0 Å². The Morgan fingerprint density at radius 1 is 1.50 bits per heavy atom. The summed E-state index contributed by atoms with van der Waals surface area (Å²) < 4.78 is 13.3. The van der Waals surface area contributed by atoms with Crippen molar-refractivity contribution in [2.24, 2.45) is 5.92 Å². The lowest BCUT2D eigenvalue weighted by Gasteiger charge is -2.27. The van der Waals surface area contributed by atoms with Crippen molar-refractivity contribution in [3.8, 4) is 0 Å². The summed E-state index contributed by atoms with van der Waals surface area (Å²) in [6.45, 7) is 2.83. The van der Waals surface area contributed by atoms with E-state index in [0.717, 1.165) is 5.92 Å². The van der Waals surface area contributed by atoms with E-state index in [2.05, 4.69) is 17.2 Å². The first-order chi connectivity index (χ1) is 7.75. The Bertz CT molecular complexity index is 340. The van der Waals surface area contributed by atoms with Gasteiger partial charge in [-0.2, -0.15) is 0 Å². The maximum Gasteiger partial charge on any atom is 0.146 e. The Morgan fingerprint density at radius 2 is 2.38 bits per heavy atom. The minimum absolute atomic E-state index is 0.209. The molecule has 1 N–H and O–H groups in total. The molecule has 88 valence electrons. The molecule has 0 aromatic carbocycles. The molecule has 0 radical (unpaired) electrons. The van der Waals surface area contributed by atoms with Crippen molar-refractivity contribution in [2.45, 2.75) is 45.2 Å². The largest absolute Gasteiger partial charge is 0.308 e. The van der Waals surface area contributed by atoms with Gasteiger partial charge in [-0.3, -0.25) is 4.98 Å². The van der Waals surface area contributed by atoms with Crippen molar-refractivity contribution < 1.29 is 4.39 Å². The Balaban J connectivity index is 1.85. The minimum atomic E-state index is -0.209. The quantitative estimate of drug-likeness (QED) is 0.850. The zero-order valence-corrected chi connectivity index (χ0v) is 9.75. The normalized spacial score (nSPS) is 25.6. The molecule has 0 amide bonds. The third kappa shape index (κ3) is 3.01. The molecule has 1 aliphatic carbocycles. The van der Waals surface area contributed by atoms with E-state index in [4.69, 9.17) is 0 Å². The number of nitrogens with zero attached hydrogens (tertiary/aromatic N) is 1. The van der Waals surface area contributed by atoms with Gasteiger partial charge in [0.05, 0.1) is 5.69 Å². The van der Waals surface area contributed by atoms with E-state index in [1.54, 1.807) is 12.3 Å². The van der Waals surface area contributed by atoms with Gasteiger partial charge in [0, 0.05) is 18.8 Å². The standard InChI is InChI=1S/C13H19FN2/c1-10-4-2-5-11(8-10)16-9-13-12(14)6-3-7-15-13/h3,6-7,10-11,16H,2,4-5,8-9H2,1H3. The SMILES string of the molecule is CC1CCCC(NCc2ncccc2F)C1. The average Bonchev–Trinajstić information content (AvgIpc) is 2.28. The van der Waals surface area contributed by atoms with Crippen LogP contribution >= 0.6 is 0 Å². The second-order valence-electron chi connectivity index (χ2n) is 4.78. The Hall–Kier alpha value is -0.960. The lowest BCUT2D eigenvalue weighted by molar-refractivity contribution is 0.298. The van der Waals surface area contributed by atoms with Crippen molar-refractivity contribution in [3.05, 3.63) is 29.8 Å². The van der Waals surface area contributed by atoms with Gasteiger partial charge >= 0.3 is 0 Å². The van der Waals surface area contributed by atoms with Gasteiger partial charge in [-0.15, -0.1) is 0 Å². The second-order valence-corrected chi connectivity index (χ2v) is 4.78. The highest BCUT2D eigenvalue weighted by Crippen LogP contribution is 2.23. The fraction of sp³-hybridized carbons (Fsp3) is 0.615. The monoisotopic (exact) mass is 222 g/mol. The molecule has 2 nitrogen and oxygen atoms in total. The van der Waals surface area contributed by atoms with E-state index in [0.29, 0.717) is 18.3 Å². The summed E-state index contributed by atoms with van der Waals surface area (Å²) in [4.78, 5) is 4.04. The highest BCUT2D eigenvalue weighted by atomic mass is 19.1. The van der Waals surface area contributed by atoms with Gasteiger partial charge < -0.3 is 5.32 Å². The zero-order chi connectivity index (χ0) is 11.4. The highest BCUT2D eigenvalue weighted by Gasteiger charge is 2.18. The first-order valence-electron chi connectivity index (χ1n) is 6.08. The molecule has 0 saturated heterocycles. The molecule has 0 spiro atoms. The summed E-state index contributed by atoms with van der Waals surface area (Å²) >= 11 is 0. The maximum absolute atomic E-state index is 13.3. The van der Waals surface area contributed by atoms with Crippen molar-refractivity contribution in [3.63, 3.8) is 0 Å². The molecular weight excluding hydrogens is 203 g/mol. The molecule has 16 heavy (non-hydrogen) atoms. The maximum atomic E-state index is 13.3.